The molecule has 1 saturated heterocycles. The van der Waals surface area contributed by atoms with Crippen LogP contribution in [-0.4, -0.2) is 32.4 Å². The van der Waals surface area contributed by atoms with Gasteiger partial charge in [0.25, 0.3) is 0 Å². The zero-order chi connectivity index (χ0) is 16.4. The molecule has 0 unspecified atom stereocenters. The summed E-state index contributed by atoms with van der Waals surface area (Å²) in [6, 6.07) is 2.16. The van der Waals surface area contributed by atoms with Crippen LogP contribution in [0.25, 0.3) is 0 Å². The van der Waals surface area contributed by atoms with E-state index in [1.54, 1.807) is 6.20 Å². The van der Waals surface area contributed by atoms with E-state index in [9.17, 15) is 4.39 Å². The van der Waals surface area contributed by atoms with E-state index in [1.807, 2.05) is 17.7 Å². The van der Waals surface area contributed by atoms with Gasteiger partial charge in [0.1, 0.15) is 12.4 Å². The highest BCUT2D eigenvalue weighted by Crippen LogP contribution is 2.32. The van der Waals surface area contributed by atoms with Crippen molar-refractivity contribution in [1.82, 2.24) is 19.7 Å². The predicted molar refractivity (Wildman–Crippen MR) is 84.7 cm³/mol. The van der Waals surface area contributed by atoms with Gasteiger partial charge in [0.15, 0.2) is 11.6 Å². The Labute approximate surface area is 135 Å². The standard InChI is InChI=1S/C16H22FN5O/c1-4-11-14(17)16(19-9-18-11)21-12-6-8-23-15(12)13-5-7-20-22(13)10(2)3/h5,7,9-10,12,15H,4,6,8H2,1-3H3,(H,18,19,21)/t12-,15-/m0/s1. The molecule has 23 heavy (non-hydrogen) atoms. The molecule has 1 aliphatic rings. The van der Waals surface area contributed by atoms with E-state index < -0.39 is 0 Å². The molecular weight excluding hydrogens is 297 g/mol. The topological polar surface area (TPSA) is 64.9 Å². The van der Waals surface area contributed by atoms with Gasteiger partial charge in [-0.15, -0.1) is 0 Å². The maximum atomic E-state index is 14.4. The molecule has 0 spiro atoms. The highest BCUT2D eigenvalue weighted by molar-refractivity contribution is 5.39. The Morgan fingerprint density at radius 2 is 2.26 bits per heavy atom. The highest BCUT2D eigenvalue weighted by atomic mass is 19.1. The molecule has 1 N–H and O–H groups in total. The lowest BCUT2D eigenvalue weighted by atomic mass is 10.1. The van der Waals surface area contributed by atoms with Crippen molar-refractivity contribution >= 4 is 5.82 Å². The lowest BCUT2D eigenvalue weighted by Crippen LogP contribution is -2.27. The van der Waals surface area contributed by atoms with Crippen LogP contribution in [0, 0.1) is 5.82 Å². The molecule has 0 radical (unpaired) electrons. The third-order valence-electron chi connectivity index (χ3n) is 4.09. The van der Waals surface area contributed by atoms with E-state index in [2.05, 4.69) is 34.2 Å². The van der Waals surface area contributed by atoms with Crippen LogP contribution in [-0.2, 0) is 11.2 Å². The fourth-order valence-corrected chi connectivity index (χ4v) is 2.94. The SMILES string of the molecule is CCc1ncnc(N[C@H]2CCO[C@@H]2c2ccnn2C(C)C)c1F. The lowest BCUT2D eigenvalue weighted by molar-refractivity contribution is 0.0988. The van der Waals surface area contributed by atoms with Gasteiger partial charge in [-0.2, -0.15) is 5.10 Å². The van der Waals surface area contributed by atoms with Crippen LogP contribution in [0.1, 0.15) is 50.7 Å². The molecule has 1 fully saturated rings. The number of aryl methyl sites for hydroxylation is 1. The van der Waals surface area contributed by atoms with Gasteiger partial charge in [0, 0.05) is 18.8 Å². The molecule has 0 bridgehead atoms. The van der Waals surface area contributed by atoms with Crippen molar-refractivity contribution in [3.05, 3.63) is 35.8 Å². The smallest absolute Gasteiger partial charge is 0.186 e. The fourth-order valence-electron chi connectivity index (χ4n) is 2.94. The lowest BCUT2D eigenvalue weighted by Gasteiger charge is -2.23. The summed E-state index contributed by atoms with van der Waals surface area (Å²) in [5.74, 6) is -0.133. The third-order valence-corrected chi connectivity index (χ3v) is 4.09. The number of hydrogen-bond acceptors (Lipinski definition) is 5. The largest absolute Gasteiger partial charge is 0.370 e. The number of nitrogens with zero attached hydrogens (tertiary/aromatic N) is 4. The average molecular weight is 319 g/mol. The van der Waals surface area contributed by atoms with Crippen molar-refractivity contribution < 1.29 is 9.13 Å². The molecule has 0 saturated carbocycles. The Morgan fingerprint density at radius 3 is 3.00 bits per heavy atom. The van der Waals surface area contributed by atoms with E-state index in [4.69, 9.17) is 4.74 Å². The number of anilines is 1. The van der Waals surface area contributed by atoms with E-state index in [0.29, 0.717) is 18.7 Å². The first-order valence-electron chi connectivity index (χ1n) is 8.02. The summed E-state index contributed by atoms with van der Waals surface area (Å²) < 4.78 is 22.2. The van der Waals surface area contributed by atoms with Gasteiger partial charge in [-0.05, 0) is 32.8 Å². The van der Waals surface area contributed by atoms with Gasteiger partial charge in [0.2, 0.25) is 0 Å². The van der Waals surface area contributed by atoms with Crippen molar-refractivity contribution in [2.75, 3.05) is 11.9 Å². The molecule has 1 aliphatic heterocycles. The van der Waals surface area contributed by atoms with Crippen molar-refractivity contribution in [3.63, 3.8) is 0 Å². The molecule has 124 valence electrons. The number of rotatable bonds is 5. The van der Waals surface area contributed by atoms with Crippen molar-refractivity contribution in [1.29, 1.82) is 0 Å². The molecule has 0 amide bonds. The van der Waals surface area contributed by atoms with Gasteiger partial charge in [0.05, 0.1) is 17.4 Å². The summed E-state index contributed by atoms with van der Waals surface area (Å²) in [7, 11) is 0. The summed E-state index contributed by atoms with van der Waals surface area (Å²) in [4.78, 5) is 8.02. The molecule has 2 aromatic heterocycles. The molecule has 6 nitrogen and oxygen atoms in total. The van der Waals surface area contributed by atoms with Crippen molar-refractivity contribution in [2.24, 2.45) is 0 Å². The molecule has 0 aliphatic carbocycles. The Morgan fingerprint density at radius 1 is 1.43 bits per heavy atom. The Hall–Kier alpha value is -2.02. The summed E-state index contributed by atoms with van der Waals surface area (Å²) in [6.45, 7) is 6.65. The van der Waals surface area contributed by atoms with E-state index in [0.717, 1.165) is 12.1 Å². The second-order valence-electron chi connectivity index (χ2n) is 5.96. The summed E-state index contributed by atoms with van der Waals surface area (Å²) in [5.41, 5.74) is 1.42. The molecular formula is C16H22FN5O. The maximum absolute atomic E-state index is 14.4. The predicted octanol–water partition coefficient (Wildman–Crippen LogP) is 2.90. The van der Waals surface area contributed by atoms with Crippen molar-refractivity contribution in [2.45, 2.75) is 51.8 Å². The maximum Gasteiger partial charge on any atom is 0.186 e. The van der Waals surface area contributed by atoms with Crippen LogP contribution < -0.4 is 5.32 Å². The van der Waals surface area contributed by atoms with Crippen LogP contribution >= 0.6 is 0 Å². The average Bonchev–Trinajstić information content (AvgIpc) is 3.17. The minimum absolute atomic E-state index is 0.0432. The van der Waals surface area contributed by atoms with Crippen LogP contribution in [0.2, 0.25) is 0 Å². The van der Waals surface area contributed by atoms with Gasteiger partial charge in [-0.25, -0.2) is 14.4 Å². The van der Waals surface area contributed by atoms with Crippen LogP contribution in [0.5, 0.6) is 0 Å². The van der Waals surface area contributed by atoms with Gasteiger partial charge in [-0.3, -0.25) is 4.68 Å². The monoisotopic (exact) mass is 319 g/mol. The fraction of sp³-hybridized carbons (Fsp3) is 0.562. The molecule has 2 atom stereocenters. The minimum atomic E-state index is -0.377. The molecule has 0 aromatic carbocycles. The molecule has 3 rings (SSSR count). The zero-order valence-corrected chi connectivity index (χ0v) is 13.7. The molecule has 7 heteroatoms. The summed E-state index contributed by atoms with van der Waals surface area (Å²) in [6.07, 6.45) is 4.33. The normalized spacial score (nSPS) is 21.1. The Balaban J connectivity index is 1.84. The first kappa shape index (κ1) is 15.9. The van der Waals surface area contributed by atoms with Crippen LogP contribution in [0.4, 0.5) is 10.2 Å². The second-order valence-corrected chi connectivity index (χ2v) is 5.96. The van der Waals surface area contributed by atoms with E-state index in [-0.39, 0.29) is 29.8 Å². The van der Waals surface area contributed by atoms with E-state index in [1.165, 1.54) is 6.33 Å². The number of halogens is 1. The summed E-state index contributed by atoms with van der Waals surface area (Å²) in [5, 5.41) is 7.55. The Bertz CT molecular complexity index is 672. The van der Waals surface area contributed by atoms with Gasteiger partial charge in [-0.1, -0.05) is 6.92 Å². The zero-order valence-electron chi connectivity index (χ0n) is 13.7. The number of hydrogen-bond donors (Lipinski definition) is 1. The van der Waals surface area contributed by atoms with Gasteiger partial charge >= 0.3 is 0 Å². The first-order valence-corrected chi connectivity index (χ1v) is 8.02. The number of aromatic nitrogens is 4. The minimum Gasteiger partial charge on any atom is -0.370 e. The third kappa shape index (κ3) is 3.06. The number of ether oxygens (including phenoxy) is 1. The van der Waals surface area contributed by atoms with Crippen LogP contribution in [0.3, 0.4) is 0 Å². The summed E-state index contributed by atoms with van der Waals surface area (Å²) >= 11 is 0. The number of nitrogens with one attached hydrogen (secondary N) is 1. The Kier molecular flexibility index (Phi) is 4.56. The highest BCUT2D eigenvalue weighted by Gasteiger charge is 2.33. The van der Waals surface area contributed by atoms with E-state index >= 15 is 0 Å². The first-order chi connectivity index (χ1) is 11.1. The quantitative estimate of drug-likeness (QED) is 0.918. The second kappa shape index (κ2) is 6.62. The van der Waals surface area contributed by atoms with Gasteiger partial charge < -0.3 is 10.1 Å². The molecule has 3 heterocycles. The van der Waals surface area contributed by atoms with Crippen LogP contribution in [0.15, 0.2) is 18.6 Å². The van der Waals surface area contributed by atoms with Crippen molar-refractivity contribution in [3.8, 4) is 0 Å². The molecule has 2 aromatic rings.